The van der Waals surface area contributed by atoms with Crippen LogP contribution in [0.1, 0.15) is 54.9 Å². The van der Waals surface area contributed by atoms with Gasteiger partial charge in [-0.2, -0.15) is 0 Å². The van der Waals surface area contributed by atoms with Gasteiger partial charge in [0.1, 0.15) is 0 Å². The standard InChI is InChI=1S/C17H25NO/c1-2-3-14-4-7-16(8-5-14)17(19)9-6-15-10-12-18-13-11-15/h4-5,7-8,15,18H,2-3,6,9-13H2,1H3. The molecular formula is C17H25NO. The van der Waals surface area contributed by atoms with Gasteiger partial charge in [0.15, 0.2) is 5.78 Å². The summed E-state index contributed by atoms with van der Waals surface area (Å²) >= 11 is 0. The van der Waals surface area contributed by atoms with Crippen LogP contribution in [0, 0.1) is 5.92 Å². The largest absolute Gasteiger partial charge is 0.317 e. The van der Waals surface area contributed by atoms with Crippen molar-refractivity contribution < 1.29 is 4.79 Å². The van der Waals surface area contributed by atoms with Crippen LogP contribution in [0.2, 0.25) is 0 Å². The van der Waals surface area contributed by atoms with Crippen LogP contribution in [-0.4, -0.2) is 18.9 Å². The molecule has 0 saturated carbocycles. The predicted molar refractivity (Wildman–Crippen MR) is 79.6 cm³/mol. The summed E-state index contributed by atoms with van der Waals surface area (Å²) in [6.45, 7) is 4.41. The minimum atomic E-state index is 0.307. The van der Waals surface area contributed by atoms with Crippen molar-refractivity contribution in [3.05, 3.63) is 35.4 Å². The van der Waals surface area contributed by atoms with Crippen molar-refractivity contribution in [1.29, 1.82) is 0 Å². The van der Waals surface area contributed by atoms with Gasteiger partial charge >= 0.3 is 0 Å². The Morgan fingerprint density at radius 1 is 1.21 bits per heavy atom. The van der Waals surface area contributed by atoms with Gasteiger partial charge in [-0.1, -0.05) is 37.6 Å². The van der Waals surface area contributed by atoms with Gasteiger partial charge in [0.2, 0.25) is 0 Å². The van der Waals surface area contributed by atoms with E-state index >= 15 is 0 Å². The highest BCUT2D eigenvalue weighted by molar-refractivity contribution is 5.96. The summed E-state index contributed by atoms with van der Waals surface area (Å²) in [5.41, 5.74) is 2.21. The average Bonchev–Trinajstić information content (AvgIpc) is 2.47. The highest BCUT2D eigenvalue weighted by Crippen LogP contribution is 2.19. The molecule has 0 amide bonds. The van der Waals surface area contributed by atoms with Crippen molar-refractivity contribution in [1.82, 2.24) is 5.32 Å². The zero-order valence-electron chi connectivity index (χ0n) is 12.0. The molecule has 104 valence electrons. The third-order valence-corrected chi connectivity index (χ3v) is 4.05. The first-order chi connectivity index (χ1) is 9.29. The molecule has 0 atom stereocenters. The molecule has 2 rings (SSSR count). The van der Waals surface area contributed by atoms with E-state index in [1.807, 2.05) is 12.1 Å². The number of ketones is 1. The lowest BCUT2D eigenvalue weighted by Crippen LogP contribution is -2.27. The molecule has 1 aromatic rings. The smallest absolute Gasteiger partial charge is 0.162 e. The van der Waals surface area contributed by atoms with Crippen molar-refractivity contribution in [2.75, 3.05) is 13.1 Å². The minimum absolute atomic E-state index is 0.307. The molecule has 1 aromatic carbocycles. The summed E-state index contributed by atoms with van der Waals surface area (Å²) in [5.74, 6) is 1.05. The van der Waals surface area contributed by atoms with Crippen LogP contribution in [-0.2, 0) is 6.42 Å². The minimum Gasteiger partial charge on any atom is -0.317 e. The Morgan fingerprint density at radius 3 is 2.53 bits per heavy atom. The second-order valence-electron chi connectivity index (χ2n) is 5.60. The molecule has 0 unspecified atom stereocenters. The molecule has 0 aromatic heterocycles. The number of benzene rings is 1. The van der Waals surface area contributed by atoms with E-state index in [1.54, 1.807) is 0 Å². The Morgan fingerprint density at radius 2 is 1.89 bits per heavy atom. The molecule has 1 saturated heterocycles. The van der Waals surface area contributed by atoms with E-state index in [2.05, 4.69) is 24.4 Å². The molecule has 1 N–H and O–H groups in total. The van der Waals surface area contributed by atoms with Crippen molar-refractivity contribution >= 4 is 5.78 Å². The third-order valence-electron chi connectivity index (χ3n) is 4.05. The second-order valence-corrected chi connectivity index (χ2v) is 5.60. The van der Waals surface area contributed by atoms with E-state index in [1.165, 1.54) is 18.4 Å². The number of carbonyl (C=O) groups excluding carboxylic acids is 1. The molecule has 1 heterocycles. The number of hydrogen-bond acceptors (Lipinski definition) is 2. The van der Waals surface area contributed by atoms with Crippen LogP contribution in [0.4, 0.5) is 0 Å². The Labute approximate surface area is 116 Å². The second kappa shape index (κ2) is 7.44. The fourth-order valence-electron chi connectivity index (χ4n) is 2.80. The molecule has 0 spiro atoms. The third kappa shape index (κ3) is 4.46. The fourth-order valence-corrected chi connectivity index (χ4v) is 2.80. The maximum Gasteiger partial charge on any atom is 0.162 e. The highest BCUT2D eigenvalue weighted by Gasteiger charge is 2.15. The van der Waals surface area contributed by atoms with Crippen molar-refractivity contribution in [3.63, 3.8) is 0 Å². The summed E-state index contributed by atoms with van der Waals surface area (Å²) in [6.07, 6.45) is 6.47. The highest BCUT2D eigenvalue weighted by atomic mass is 16.1. The maximum atomic E-state index is 12.1. The first-order valence-corrected chi connectivity index (χ1v) is 7.62. The van der Waals surface area contributed by atoms with Crippen LogP contribution < -0.4 is 5.32 Å². The SMILES string of the molecule is CCCc1ccc(C(=O)CCC2CCNCC2)cc1. The van der Waals surface area contributed by atoms with E-state index in [9.17, 15) is 4.79 Å². The van der Waals surface area contributed by atoms with Crippen molar-refractivity contribution in [3.8, 4) is 0 Å². The lowest BCUT2D eigenvalue weighted by Gasteiger charge is -2.22. The van der Waals surface area contributed by atoms with Gasteiger partial charge in [-0.05, 0) is 50.3 Å². The van der Waals surface area contributed by atoms with E-state index in [-0.39, 0.29) is 0 Å². The van der Waals surface area contributed by atoms with Crippen LogP contribution in [0.15, 0.2) is 24.3 Å². The summed E-state index contributed by atoms with van der Waals surface area (Å²) in [5, 5.41) is 3.37. The zero-order chi connectivity index (χ0) is 13.5. The number of carbonyl (C=O) groups is 1. The van der Waals surface area contributed by atoms with Crippen LogP contribution in [0.25, 0.3) is 0 Å². The summed E-state index contributed by atoms with van der Waals surface area (Å²) < 4.78 is 0. The number of aryl methyl sites for hydroxylation is 1. The maximum absolute atomic E-state index is 12.1. The average molecular weight is 259 g/mol. The molecule has 0 bridgehead atoms. The van der Waals surface area contributed by atoms with Crippen LogP contribution in [0.3, 0.4) is 0 Å². The number of piperidine rings is 1. The molecule has 2 heteroatoms. The normalized spacial score (nSPS) is 16.5. The molecule has 2 nitrogen and oxygen atoms in total. The Bertz CT molecular complexity index is 390. The van der Waals surface area contributed by atoms with Gasteiger partial charge < -0.3 is 5.32 Å². The molecule has 1 aliphatic rings. The summed E-state index contributed by atoms with van der Waals surface area (Å²) in [7, 11) is 0. The lowest BCUT2D eigenvalue weighted by atomic mass is 9.91. The molecule has 1 fully saturated rings. The Hall–Kier alpha value is -1.15. The van der Waals surface area contributed by atoms with Gasteiger partial charge in [-0.15, -0.1) is 0 Å². The fraction of sp³-hybridized carbons (Fsp3) is 0.588. The molecule has 0 aliphatic carbocycles. The first-order valence-electron chi connectivity index (χ1n) is 7.62. The van der Waals surface area contributed by atoms with Gasteiger partial charge in [-0.25, -0.2) is 0 Å². The van der Waals surface area contributed by atoms with Crippen molar-refractivity contribution in [2.45, 2.75) is 45.4 Å². The van der Waals surface area contributed by atoms with Gasteiger partial charge in [-0.3, -0.25) is 4.79 Å². The monoisotopic (exact) mass is 259 g/mol. The van der Waals surface area contributed by atoms with Gasteiger partial charge in [0.05, 0.1) is 0 Å². The van der Waals surface area contributed by atoms with E-state index in [0.29, 0.717) is 12.2 Å². The van der Waals surface area contributed by atoms with Gasteiger partial charge in [0.25, 0.3) is 0 Å². The van der Waals surface area contributed by atoms with E-state index in [4.69, 9.17) is 0 Å². The zero-order valence-corrected chi connectivity index (χ0v) is 12.0. The molecule has 0 radical (unpaired) electrons. The molecule has 19 heavy (non-hydrogen) atoms. The van der Waals surface area contributed by atoms with Crippen LogP contribution in [0.5, 0.6) is 0 Å². The van der Waals surface area contributed by atoms with E-state index in [0.717, 1.165) is 43.8 Å². The summed E-state index contributed by atoms with van der Waals surface area (Å²) in [4.78, 5) is 12.1. The quantitative estimate of drug-likeness (QED) is 0.791. The number of hydrogen-bond donors (Lipinski definition) is 1. The number of nitrogens with one attached hydrogen (secondary N) is 1. The molecule has 1 aliphatic heterocycles. The van der Waals surface area contributed by atoms with Crippen LogP contribution >= 0.6 is 0 Å². The summed E-state index contributed by atoms with van der Waals surface area (Å²) in [6, 6.07) is 8.19. The lowest BCUT2D eigenvalue weighted by molar-refractivity contribution is 0.0971. The number of Topliss-reactive ketones (excluding diaryl/α,β-unsaturated/α-hetero) is 1. The number of rotatable bonds is 6. The topological polar surface area (TPSA) is 29.1 Å². The Kier molecular flexibility index (Phi) is 5.59. The predicted octanol–water partition coefficient (Wildman–Crippen LogP) is 3.60. The first kappa shape index (κ1) is 14.3. The Balaban J connectivity index is 1.81. The van der Waals surface area contributed by atoms with Gasteiger partial charge in [0, 0.05) is 12.0 Å². The van der Waals surface area contributed by atoms with Crippen molar-refractivity contribution in [2.24, 2.45) is 5.92 Å². The molecular weight excluding hydrogens is 234 g/mol. The van der Waals surface area contributed by atoms with E-state index < -0.39 is 0 Å².